The molecular formula is C24H41NO. The van der Waals surface area contributed by atoms with Gasteiger partial charge in [-0.3, -0.25) is 0 Å². The van der Waals surface area contributed by atoms with Gasteiger partial charge >= 0.3 is 0 Å². The maximum absolute atomic E-state index is 9.18. The second-order valence-electron chi connectivity index (χ2n) is 7.61. The lowest BCUT2D eigenvalue weighted by atomic mass is 10.0. The molecular weight excluding hydrogens is 318 g/mol. The van der Waals surface area contributed by atoms with Gasteiger partial charge in [0.25, 0.3) is 0 Å². The Kier molecular flexibility index (Phi) is 15.0. The Hall–Kier alpha value is -1.31. The molecule has 0 aliphatic carbocycles. The molecule has 1 aromatic rings. The molecule has 0 aliphatic rings. The molecule has 148 valence electrons. The van der Waals surface area contributed by atoms with Crippen molar-refractivity contribution in [3.8, 4) is 0 Å². The number of hydrogen-bond acceptors (Lipinski definition) is 2. The SMILES string of the molecule is CCCCCCCCCCCCCCCCC/C(=N\O)c1ccccc1. The zero-order valence-corrected chi connectivity index (χ0v) is 17.1. The van der Waals surface area contributed by atoms with E-state index in [1.807, 2.05) is 30.3 Å². The molecule has 0 aromatic heterocycles. The molecule has 0 atom stereocenters. The summed E-state index contributed by atoms with van der Waals surface area (Å²) < 4.78 is 0. The molecule has 0 amide bonds. The summed E-state index contributed by atoms with van der Waals surface area (Å²) in [6.07, 6.45) is 21.5. The highest BCUT2D eigenvalue weighted by molar-refractivity contribution is 6.00. The van der Waals surface area contributed by atoms with Gasteiger partial charge in [-0.25, -0.2) is 0 Å². The van der Waals surface area contributed by atoms with Crippen LogP contribution in [0, 0.1) is 0 Å². The number of oxime groups is 1. The fourth-order valence-corrected chi connectivity index (χ4v) is 3.55. The van der Waals surface area contributed by atoms with Gasteiger partial charge in [-0.05, 0) is 18.4 Å². The van der Waals surface area contributed by atoms with Gasteiger partial charge in [-0.2, -0.15) is 0 Å². The van der Waals surface area contributed by atoms with Crippen molar-refractivity contribution >= 4 is 5.71 Å². The topological polar surface area (TPSA) is 32.6 Å². The predicted molar refractivity (Wildman–Crippen MR) is 114 cm³/mol. The third-order valence-electron chi connectivity index (χ3n) is 5.24. The predicted octanol–water partition coefficient (Wildman–Crippen LogP) is 8.13. The Balaban J connectivity index is 1.85. The van der Waals surface area contributed by atoms with Gasteiger partial charge in [0.15, 0.2) is 0 Å². The molecule has 2 heteroatoms. The first-order chi connectivity index (χ1) is 12.9. The molecule has 0 fully saturated rings. The van der Waals surface area contributed by atoms with Gasteiger partial charge in [0.05, 0.1) is 5.71 Å². The van der Waals surface area contributed by atoms with Gasteiger partial charge in [-0.15, -0.1) is 0 Å². The lowest BCUT2D eigenvalue weighted by molar-refractivity contribution is 0.317. The average Bonchev–Trinajstić information content (AvgIpc) is 2.68. The summed E-state index contributed by atoms with van der Waals surface area (Å²) in [4.78, 5) is 0. The highest BCUT2D eigenvalue weighted by Gasteiger charge is 2.03. The molecule has 0 spiro atoms. The molecule has 0 saturated carbocycles. The number of unbranched alkanes of at least 4 members (excludes halogenated alkanes) is 14. The van der Waals surface area contributed by atoms with E-state index in [0.717, 1.165) is 24.1 Å². The molecule has 2 nitrogen and oxygen atoms in total. The lowest BCUT2D eigenvalue weighted by Gasteiger charge is -2.05. The first kappa shape index (κ1) is 22.7. The second-order valence-corrected chi connectivity index (χ2v) is 7.61. The van der Waals surface area contributed by atoms with Crippen LogP contribution in [-0.2, 0) is 0 Å². The van der Waals surface area contributed by atoms with Crippen LogP contribution in [0.15, 0.2) is 35.5 Å². The lowest BCUT2D eigenvalue weighted by Crippen LogP contribution is -2.00. The van der Waals surface area contributed by atoms with E-state index in [4.69, 9.17) is 0 Å². The summed E-state index contributed by atoms with van der Waals surface area (Å²) in [6.45, 7) is 2.28. The van der Waals surface area contributed by atoms with Crippen molar-refractivity contribution in [2.45, 2.75) is 110 Å². The van der Waals surface area contributed by atoms with Gasteiger partial charge in [0.1, 0.15) is 0 Å². The van der Waals surface area contributed by atoms with Crippen molar-refractivity contribution in [2.75, 3.05) is 0 Å². The molecule has 1 rings (SSSR count). The van der Waals surface area contributed by atoms with Gasteiger partial charge in [0.2, 0.25) is 0 Å². The molecule has 0 bridgehead atoms. The fourth-order valence-electron chi connectivity index (χ4n) is 3.55. The van der Waals surface area contributed by atoms with E-state index in [9.17, 15) is 5.21 Å². The van der Waals surface area contributed by atoms with Crippen LogP contribution in [0.3, 0.4) is 0 Å². The number of hydrogen-bond donors (Lipinski definition) is 1. The third kappa shape index (κ3) is 12.1. The summed E-state index contributed by atoms with van der Waals surface area (Å²) in [7, 11) is 0. The minimum atomic E-state index is 0.820. The first-order valence-electron chi connectivity index (χ1n) is 11.1. The molecule has 1 N–H and O–H groups in total. The quantitative estimate of drug-likeness (QED) is 0.129. The standard InChI is InChI=1S/C24H41NO/c1-2-3-4-5-6-7-8-9-10-11-12-13-14-15-19-22-24(25-26)23-20-17-16-18-21-23/h16-18,20-21,26H,2-15,19,22H2,1H3/b25-24+. The zero-order chi connectivity index (χ0) is 18.7. The minimum absolute atomic E-state index is 0.820. The molecule has 1 aromatic carbocycles. The van der Waals surface area contributed by atoms with Crippen LogP contribution < -0.4 is 0 Å². The Bertz CT molecular complexity index is 441. The van der Waals surface area contributed by atoms with Crippen molar-refractivity contribution < 1.29 is 5.21 Å². The van der Waals surface area contributed by atoms with Gasteiger partial charge in [-0.1, -0.05) is 132 Å². The summed E-state index contributed by atoms with van der Waals surface area (Å²) in [6, 6.07) is 10.0. The van der Waals surface area contributed by atoms with Crippen LogP contribution in [0.25, 0.3) is 0 Å². The first-order valence-corrected chi connectivity index (χ1v) is 11.1. The van der Waals surface area contributed by atoms with Gasteiger partial charge in [0, 0.05) is 0 Å². The second kappa shape index (κ2) is 17.1. The molecule has 0 aliphatic heterocycles. The maximum Gasteiger partial charge on any atom is 0.0867 e. The van der Waals surface area contributed by atoms with Crippen molar-refractivity contribution in [3.63, 3.8) is 0 Å². The summed E-state index contributed by atoms with van der Waals surface area (Å²) in [5.74, 6) is 0. The Morgan fingerprint density at radius 1 is 0.654 bits per heavy atom. The average molecular weight is 360 g/mol. The van der Waals surface area contributed by atoms with Crippen LogP contribution in [-0.4, -0.2) is 10.9 Å². The van der Waals surface area contributed by atoms with Crippen LogP contribution >= 0.6 is 0 Å². The third-order valence-corrected chi connectivity index (χ3v) is 5.24. The van der Waals surface area contributed by atoms with E-state index < -0.39 is 0 Å². The van der Waals surface area contributed by atoms with Crippen LogP contribution in [0.4, 0.5) is 0 Å². The number of nitrogens with zero attached hydrogens (tertiary/aromatic N) is 1. The van der Waals surface area contributed by atoms with E-state index in [1.54, 1.807) is 0 Å². The van der Waals surface area contributed by atoms with Crippen LogP contribution in [0.5, 0.6) is 0 Å². The fraction of sp³-hybridized carbons (Fsp3) is 0.708. The Labute approximate surface area is 162 Å². The monoisotopic (exact) mass is 359 g/mol. The minimum Gasteiger partial charge on any atom is -0.411 e. The Morgan fingerprint density at radius 3 is 1.50 bits per heavy atom. The maximum atomic E-state index is 9.18. The highest BCUT2D eigenvalue weighted by atomic mass is 16.4. The zero-order valence-electron chi connectivity index (χ0n) is 17.1. The number of benzene rings is 1. The van der Waals surface area contributed by atoms with Crippen molar-refractivity contribution in [3.05, 3.63) is 35.9 Å². The molecule has 0 saturated heterocycles. The molecule has 26 heavy (non-hydrogen) atoms. The van der Waals surface area contributed by atoms with Crippen molar-refractivity contribution in [1.29, 1.82) is 0 Å². The number of rotatable bonds is 17. The highest BCUT2D eigenvalue weighted by Crippen LogP contribution is 2.14. The van der Waals surface area contributed by atoms with Crippen LogP contribution in [0.1, 0.15) is 115 Å². The normalized spacial score (nSPS) is 11.8. The van der Waals surface area contributed by atoms with E-state index in [2.05, 4.69) is 12.1 Å². The van der Waals surface area contributed by atoms with E-state index in [0.29, 0.717) is 0 Å². The van der Waals surface area contributed by atoms with E-state index in [1.165, 1.54) is 89.9 Å². The summed E-state index contributed by atoms with van der Waals surface area (Å²) in [5.41, 5.74) is 1.86. The van der Waals surface area contributed by atoms with Crippen LogP contribution in [0.2, 0.25) is 0 Å². The summed E-state index contributed by atoms with van der Waals surface area (Å²) >= 11 is 0. The Morgan fingerprint density at radius 2 is 1.08 bits per heavy atom. The summed E-state index contributed by atoms with van der Waals surface area (Å²) in [5, 5.41) is 12.7. The molecule has 0 heterocycles. The molecule has 0 unspecified atom stereocenters. The smallest absolute Gasteiger partial charge is 0.0867 e. The van der Waals surface area contributed by atoms with E-state index >= 15 is 0 Å². The van der Waals surface area contributed by atoms with Crippen molar-refractivity contribution in [2.24, 2.45) is 5.16 Å². The van der Waals surface area contributed by atoms with E-state index in [-0.39, 0.29) is 0 Å². The van der Waals surface area contributed by atoms with Crippen molar-refractivity contribution in [1.82, 2.24) is 0 Å². The largest absolute Gasteiger partial charge is 0.411 e. The van der Waals surface area contributed by atoms with Gasteiger partial charge < -0.3 is 5.21 Å². The molecule has 0 radical (unpaired) electrons.